The van der Waals surface area contributed by atoms with Crippen molar-refractivity contribution in [2.24, 2.45) is 0 Å². The first-order valence-corrected chi connectivity index (χ1v) is 4.09. The smallest absolute Gasteiger partial charge is 0.340 e. The maximum absolute atomic E-state index is 11.1. The van der Waals surface area contributed by atoms with Gasteiger partial charge in [0.1, 0.15) is 13.0 Å². The first-order chi connectivity index (χ1) is 6.15. The van der Waals surface area contributed by atoms with Crippen molar-refractivity contribution in [1.82, 2.24) is 4.98 Å². The fourth-order valence-corrected chi connectivity index (χ4v) is 1.15. The minimum absolute atomic E-state index is 0.150. The van der Waals surface area contributed by atoms with Crippen LogP contribution < -0.4 is 0 Å². The lowest BCUT2D eigenvalue weighted by atomic mass is 10.2. The van der Waals surface area contributed by atoms with E-state index < -0.39 is 5.97 Å². The second-order valence-electron chi connectivity index (χ2n) is 2.09. The summed E-state index contributed by atoms with van der Waals surface area (Å²) in [5.41, 5.74) is 0.150. The fourth-order valence-electron chi connectivity index (χ4n) is 0.711. The van der Waals surface area contributed by atoms with Crippen molar-refractivity contribution in [1.29, 1.82) is 0 Å². The van der Waals surface area contributed by atoms with Crippen LogP contribution in [0.25, 0.3) is 0 Å². The molecule has 1 aromatic rings. The molecule has 66 valence electrons. The van der Waals surface area contributed by atoms with E-state index in [4.69, 9.17) is 31.0 Å². The predicted octanol–water partition coefficient (Wildman–Crippen LogP) is 1.67. The van der Waals surface area contributed by atoms with Gasteiger partial charge in [-0.25, -0.2) is 9.78 Å². The molecule has 0 atom stereocenters. The highest BCUT2D eigenvalue weighted by atomic mass is 35.5. The van der Waals surface area contributed by atoms with Crippen molar-refractivity contribution in [3.05, 3.63) is 28.0 Å². The summed E-state index contributed by atoms with van der Waals surface area (Å²) in [6.07, 6.45) is 1.24. The van der Waals surface area contributed by atoms with Crippen LogP contribution in [0.3, 0.4) is 0 Å². The number of carbonyl (C=O) groups is 1. The third kappa shape index (κ3) is 2.61. The molecule has 0 aliphatic rings. The van der Waals surface area contributed by atoms with Crippen LogP contribution in [-0.2, 0) is 4.74 Å². The number of esters is 1. The number of ether oxygens (including phenoxy) is 1. The summed E-state index contributed by atoms with van der Waals surface area (Å²) in [7, 11) is 5.01. The molecule has 1 aromatic heterocycles. The normalized spacial score (nSPS) is 9.69. The zero-order valence-electron chi connectivity index (χ0n) is 6.46. The number of hydrogen-bond donors (Lipinski definition) is 0. The average Bonchev–Trinajstić information content (AvgIpc) is 2.04. The molecule has 2 radical (unpaired) electrons. The Morgan fingerprint density at radius 2 is 2.31 bits per heavy atom. The van der Waals surface area contributed by atoms with E-state index in [-0.39, 0.29) is 22.2 Å². The molecule has 0 N–H and O–H groups in total. The Kier molecular flexibility index (Phi) is 3.57. The standard InChI is InChI=1S/C7H4BCl2NO2/c8-3-13-7(12)4-2-11-6(10)1-5(4)9/h1-2H,3H2. The van der Waals surface area contributed by atoms with Crippen LogP contribution >= 0.6 is 23.2 Å². The van der Waals surface area contributed by atoms with Gasteiger partial charge in [0.05, 0.1) is 10.6 Å². The van der Waals surface area contributed by atoms with Gasteiger partial charge in [-0.2, -0.15) is 0 Å². The lowest BCUT2D eigenvalue weighted by Gasteiger charge is -2.02. The van der Waals surface area contributed by atoms with Gasteiger partial charge >= 0.3 is 5.97 Å². The molecule has 6 heteroatoms. The molecule has 3 nitrogen and oxygen atoms in total. The van der Waals surface area contributed by atoms with E-state index in [1.165, 1.54) is 12.3 Å². The van der Waals surface area contributed by atoms with E-state index in [9.17, 15) is 4.79 Å². The fraction of sp³-hybridized carbons (Fsp3) is 0.143. The summed E-state index contributed by atoms with van der Waals surface area (Å²) in [5.74, 6) is -0.614. The average molecular weight is 216 g/mol. The van der Waals surface area contributed by atoms with Crippen molar-refractivity contribution in [2.45, 2.75) is 0 Å². The van der Waals surface area contributed by atoms with Crippen LogP contribution in [0, 0.1) is 0 Å². The second kappa shape index (κ2) is 4.49. The number of rotatable bonds is 2. The lowest BCUT2D eigenvalue weighted by Crippen LogP contribution is -2.07. The number of halogens is 2. The minimum Gasteiger partial charge on any atom is -0.472 e. The zero-order chi connectivity index (χ0) is 9.84. The van der Waals surface area contributed by atoms with Crippen LogP contribution in [0.15, 0.2) is 12.3 Å². The predicted molar refractivity (Wildman–Crippen MR) is 50.3 cm³/mol. The minimum atomic E-state index is -0.614. The first kappa shape index (κ1) is 10.3. The van der Waals surface area contributed by atoms with Gasteiger partial charge in [-0.1, -0.05) is 23.2 Å². The Balaban J connectivity index is 2.95. The molecule has 13 heavy (non-hydrogen) atoms. The highest BCUT2D eigenvalue weighted by molar-refractivity contribution is 6.36. The van der Waals surface area contributed by atoms with Crippen LogP contribution in [0.4, 0.5) is 0 Å². The second-order valence-corrected chi connectivity index (χ2v) is 2.88. The summed E-state index contributed by atoms with van der Waals surface area (Å²) in [4.78, 5) is 14.8. The van der Waals surface area contributed by atoms with E-state index in [2.05, 4.69) is 9.72 Å². The summed E-state index contributed by atoms with van der Waals surface area (Å²) < 4.78 is 4.52. The van der Waals surface area contributed by atoms with Gasteiger partial charge in [-0.3, -0.25) is 0 Å². The zero-order valence-corrected chi connectivity index (χ0v) is 7.97. The van der Waals surface area contributed by atoms with Crippen molar-refractivity contribution in [3.8, 4) is 0 Å². The van der Waals surface area contributed by atoms with Crippen molar-refractivity contribution >= 4 is 37.0 Å². The Hall–Kier alpha value is -0.735. The molecule has 0 spiro atoms. The van der Waals surface area contributed by atoms with E-state index >= 15 is 0 Å². The number of hydrogen-bond acceptors (Lipinski definition) is 3. The molecule has 1 heterocycles. The number of nitrogens with zero attached hydrogens (tertiary/aromatic N) is 1. The molecular weight excluding hydrogens is 212 g/mol. The summed E-state index contributed by atoms with van der Waals surface area (Å²) in [6.45, 7) is -0.197. The molecule has 0 bridgehead atoms. The number of aromatic nitrogens is 1. The van der Waals surface area contributed by atoms with Crippen molar-refractivity contribution in [3.63, 3.8) is 0 Å². The Bertz CT molecular complexity index is 332. The highest BCUT2D eigenvalue weighted by Gasteiger charge is 2.11. The van der Waals surface area contributed by atoms with Crippen LogP contribution in [-0.4, -0.2) is 25.3 Å². The molecular formula is C7H4BCl2NO2. The van der Waals surface area contributed by atoms with E-state index in [1.54, 1.807) is 0 Å². The molecule has 0 unspecified atom stereocenters. The third-order valence-electron chi connectivity index (χ3n) is 1.25. The molecule has 0 aliphatic carbocycles. The molecule has 0 amide bonds. The quantitative estimate of drug-likeness (QED) is 0.428. The van der Waals surface area contributed by atoms with Crippen LogP contribution in [0.5, 0.6) is 0 Å². The van der Waals surface area contributed by atoms with Crippen LogP contribution in [0.1, 0.15) is 10.4 Å². The van der Waals surface area contributed by atoms with E-state index in [0.29, 0.717) is 0 Å². The molecule has 0 fully saturated rings. The van der Waals surface area contributed by atoms with Gasteiger partial charge in [0.2, 0.25) is 0 Å². The topological polar surface area (TPSA) is 39.2 Å². The van der Waals surface area contributed by atoms with Gasteiger partial charge in [0.15, 0.2) is 0 Å². The molecule has 0 aromatic carbocycles. The summed E-state index contributed by atoms with van der Waals surface area (Å²) in [5, 5.41) is 0.410. The Labute approximate surface area is 86.4 Å². The molecule has 0 saturated carbocycles. The maximum Gasteiger partial charge on any atom is 0.340 e. The SMILES string of the molecule is [B]COC(=O)c1cnc(Cl)cc1Cl. The van der Waals surface area contributed by atoms with Gasteiger partial charge < -0.3 is 4.74 Å². The monoisotopic (exact) mass is 215 g/mol. The van der Waals surface area contributed by atoms with Crippen molar-refractivity contribution < 1.29 is 9.53 Å². The lowest BCUT2D eigenvalue weighted by molar-refractivity contribution is 0.0573. The van der Waals surface area contributed by atoms with Gasteiger partial charge in [-0.05, 0) is 6.07 Å². The van der Waals surface area contributed by atoms with Crippen molar-refractivity contribution in [2.75, 3.05) is 6.51 Å². The Morgan fingerprint density at radius 3 is 2.85 bits per heavy atom. The van der Waals surface area contributed by atoms with Crippen LogP contribution in [0.2, 0.25) is 10.2 Å². The van der Waals surface area contributed by atoms with E-state index in [1.807, 2.05) is 0 Å². The number of carbonyl (C=O) groups excluding carboxylic acids is 1. The molecule has 0 saturated heterocycles. The van der Waals surface area contributed by atoms with Gasteiger partial charge in [0, 0.05) is 12.7 Å². The Morgan fingerprint density at radius 1 is 1.62 bits per heavy atom. The third-order valence-corrected chi connectivity index (χ3v) is 1.77. The maximum atomic E-state index is 11.1. The highest BCUT2D eigenvalue weighted by Crippen LogP contribution is 2.18. The molecule has 0 aliphatic heterocycles. The van der Waals surface area contributed by atoms with Gasteiger partial charge in [0.25, 0.3) is 0 Å². The molecule has 1 rings (SSSR count). The summed E-state index contributed by atoms with van der Waals surface area (Å²) in [6, 6.07) is 1.36. The first-order valence-electron chi connectivity index (χ1n) is 3.33. The van der Waals surface area contributed by atoms with Gasteiger partial charge in [-0.15, -0.1) is 0 Å². The summed E-state index contributed by atoms with van der Waals surface area (Å²) >= 11 is 11.2. The largest absolute Gasteiger partial charge is 0.472 e. The number of pyridine rings is 1. The van der Waals surface area contributed by atoms with E-state index in [0.717, 1.165) is 0 Å².